The normalized spacial score (nSPS) is 13.7. The first-order chi connectivity index (χ1) is 9.90. The Kier molecular flexibility index (Phi) is 4.63. The second-order valence-corrected chi connectivity index (χ2v) is 7.05. The molecule has 0 amide bonds. The van der Waals surface area contributed by atoms with Gasteiger partial charge in [0.15, 0.2) is 11.5 Å². The van der Waals surface area contributed by atoms with Crippen LogP contribution < -0.4 is 9.47 Å². The summed E-state index contributed by atoms with van der Waals surface area (Å²) in [6.45, 7) is 3.59. The third-order valence-electron chi connectivity index (χ3n) is 3.47. The Labute approximate surface area is 128 Å². The van der Waals surface area contributed by atoms with E-state index >= 15 is 0 Å². The molecular formula is C16H20O2S2. The Morgan fingerprint density at radius 3 is 2.70 bits per heavy atom. The van der Waals surface area contributed by atoms with Crippen molar-refractivity contribution in [3.63, 3.8) is 0 Å². The number of hydrogen-bond acceptors (Lipinski definition) is 4. The summed E-state index contributed by atoms with van der Waals surface area (Å²) in [6, 6.07) is 4.26. The van der Waals surface area contributed by atoms with Gasteiger partial charge in [0.25, 0.3) is 0 Å². The summed E-state index contributed by atoms with van der Waals surface area (Å²) >= 11 is 3.62. The molecule has 1 aliphatic rings. The molecule has 3 rings (SSSR count). The van der Waals surface area contributed by atoms with Gasteiger partial charge >= 0.3 is 0 Å². The standard InChI is InChI=1S/C16H20O2S2/c1-2-3-4-5-7-12-14-15(18-10-9-17-14)16(20-12)13-8-6-11-19-13/h6,8,11H,2-5,7,9-10H2,1H3. The Morgan fingerprint density at radius 2 is 1.95 bits per heavy atom. The quantitative estimate of drug-likeness (QED) is 0.668. The SMILES string of the molecule is CCCCCCc1sc(-c2cccs2)c2c1OCCO2. The first-order valence-electron chi connectivity index (χ1n) is 7.35. The number of thiophene rings is 2. The van der Waals surface area contributed by atoms with Crippen LogP contribution >= 0.6 is 22.7 Å². The predicted molar refractivity (Wildman–Crippen MR) is 86.5 cm³/mol. The number of unbranched alkanes of at least 4 members (excludes halogenated alkanes) is 3. The lowest BCUT2D eigenvalue weighted by molar-refractivity contribution is 0.172. The Balaban J connectivity index is 1.83. The van der Waals surface area contributed by atoms with E-state index in [1.165, 1.54) is 40.3 Å². The molecule has 0 aliphatic carbocycles. The van der Waals surface area contributed by atoms with E-state index in [-0.39, 0.29) is 0 Å². The average molecular weight is 308 g/mol. The first kappa shape index (κ1) is 14.0. The molecule has 3 heterocycles. The molecule has 2 aromatic rings. The van der Waals surface area contributed by atoms with Gasteiger partial charge in [-0.1, -0.05) is 32.3 Å². The lowest BCUT2D eigenvalue weighted by Crippen LogP contribution is -2.15. The van der Waals surface area contributed by atoms with E-state index in [0.717, 1.165) is 17.9 Å². The fourth-order valence-electron chi connectivity index (χ4n) is 2.46. The van der Waals surface area contributed by atoms with Gasteiger partial charge in [0, 0.05) is 4.88 Å². The highest BCUT2D eigenvalue weighted by Gasteiger charge is 2.25. The van der Waals surface area contributed by atoms with Crippen molar-refractivity contribution in [2.24, 2.45) is 0 Å². The molecule has 2 aromatic heterocycles. The third kappa shape index (κ3) is 2.86. The molecule has 0 N–H and O–H groups in total. The lowest BCUT2D eigenvalue weighted by Gasteiger charge is -2.17. The van der Waals surface area contributed by atoms with Crippen molar-refractivity contribution in [3.05, 3.63) is 22.4 Å². The molecular weight excluding hydrogens is 288 g/mol. The molecule has 1 aliphatic heterocycles. The van der Waals surface area contributed by atoms with Crippen LogP contribution in [0.15, 0.2) is 17.5 Å². The molecule has 0 unspecified atom stereocenters. The molecule has 0 atom stereocenters. The molecule has 20 heavy (non-hydrogen) atoms. The minimum atomic E-state index is 0.664. The van der Waals surface area contributed by atoms with Gasteiger partial charge in [-0.2, -0.15) is 0 Å². The summed E-state index contributed by atoms with van der Waals surface area (Å²) in [5, 5.41) is 2.12. The maximum absolute atomic E-state index is 5.88. The van der Waals surface area contributed by atoms with Crippen LogP contribution in [0.2, 0.25) is 0 Å². The second-order valence-electron chi connectivity index (χ2n) is 5.00. The number of aryl methyl sites for hydroxylation is 1. The van der Waals surface area contributed by atoms with Gasteiger partial charge in [0.2, 0.25) is 0 Å². The van der Waals surface area contributed by atoms with Crippen LogP contribution in [0, 0.1) is 0 Å². The smallest absolute Gasteiger partial charge is 0.181 e. The summed E-state index contributed by atoms with van der Waals surface area (Å²) in [5.41, 5.74) is 0. The van der Waals surface area contributed by atoms with Crippen molar-refractivity contribution in [3.8, 4) is 21.3 Å². The number of rotatable bonds is 6. The zero-order valence-electron chi connectivity index (χ0n) is 11.8. The molecule has 4 heteroatoms. The van der Waals surface area contributed by atoms with Gasteiger partial charge in [-0.05, 0) is 24.3 Å². The molecule has 0 fully saturated rings. The molecule has 0 saturated heterocycles. The van der Waals surface area contributed by atoms with E-state index in [1.807, 2.05) is 11.3 Å². The van der Waals surface area contributed by atoms with E-state index in [1.54, 1.807) is 11.3 Å². The highest BCUT2D eigenvalue weighted by Crippen LogP contribution is 2.50. The maximum atomic E-state index is 5.88. The molecule has 0 aromatic carbocycles. The van der Waals surface area contributed by atoms with Crippen LogP contribution in [0.25, 0.3) is 9.75 Å². The Hall–Kier alpha value is -1.00. The largest absolute Gasteiger partial charge is 0.485 e. The van der Waals surface area contributed by atoms with Gasteiger partial charge in [0.05, 0.1) is 9.75 Å². The van der Waals surface area contributed by atoms with E-state index in [2.05, 4.69) is 24.4 Å². The molecule has 2 nitrogen and oxygen atoms in total. The first-order valence-corrected chi connectivity index (χ1v) is 9.05. The van der Waals surface area contributed by atoms with Crippen molar-refractivity contribution in [1.29, 1.82) is 0 Å². The predicted octanol–water partition coefficient (Wildman–Crippen LogP) is 5.37. The monoisotopic (exact) mass is 308 g/mol. The molecule has 0 spiro atoms. The van der Waals surface area contributed by atoms with Crippen LogP contribution in [-0.2, 0) is 6.42 Å². The van der Waals surface area contributed by atoms with Crippen LogP contribution in [0.3, 0.4) is 0 Å². The second kappa shape index (κ2) is 6.64. The maximum Gasteiger partial charge on any atom is 0.181 e. The van der Waals surface area contributed by atoms with Crippen LogP contribution in [0.4, 0.5) is 0 Å². The summed E-state index contributed by atoms with van der Waals surface area (Å²) in [5.74, 6) is 2.00. The van der Waals surface area contributed by atoms with Gasteiger partial charge in [-0.15, -0.1) is 22.7 Å². The summed E-state index contributed by atoms with van der Waals surface area (Å²) in [6.07, 6.45) is 6.26. The van der Waals surface area contributed by atoms with E-state index in [0.29, 0.717) is 13.2 Å². The van der Waals surface area contributed by atoms with E-state index in [4.69, 9.17) is 9.47 Å². The zero-order valence-corrected chi connectivity index (χ0v) is 13.4. The van der Waals surface area contributed by atoms with Gasteiger partial charge < -0.3 is 9.47 Å². The van der Waals surface area contributed by atoms with Gasteiger partial charge in [-0.25, -0.2) is 0 Å². The van der Waals surface area contributed by atoms with Crippen molar-refractivity contribution in [1.82, 2.24) is 0 Å². The Bertz CT molecular complexity index is 543. The minimum Gasteiger partial charge on any atom is -0.485 e. The van der Waals surface area contributed by atoms with Gasteiger partial charge in [0.1, 0.15) is 13.2 Å². The molecule has 0 bridgehead atoms. The van der Waals surface area contributed by atoms with Crippen LogP contribution in [0.5, 0.6) is 11.5 Å². The van der Waals surface area contributed by atoms with E-state index in [9.17, 15) is 0 Å². The summed E-state index contributed by atoms with van der Waals surface area (Å²) in [4.78, 5) is 3.90. The van der Waals surface area contributed by atoms with Crippen LogP contribution in [0.1, 0.15) is 37.5 Å². The fraction of sp³-hybridized carbons (Fsp3) is 0.500. The van der Waals surface area contributed by atoms with Crippen molar-refractivity contribution in [2.45, 2.75) is 39.0 Å². The molecule has 108 valence electrons. The van der Waals surface area contributed by atoms with Crippen LogP contribution in [-0.4, -0.2) is 13.2 Å². The number of ether oxygens (including phenoxy) is 2. The van der Waals surface area contributed by atoms with E-state index < -0.39 is 0 Å². The van der Waals surface area contributed by atoms with Gasteiger partial charge in [-0.3, -0.25) is 0 Å². The molecule has 0 radical (unpaired) electrons. The Morgan fingerprint density at radius 1 is 1.10 bits per heavy atom. The fourth-order valence-corrected chi connectivity index (χ4v) is 4.54. The van der Waals surface area contributed by atoms with Crippen molar-refractivity contribution >= 4 is 22.7 Å². The topological polar surface area (TPSA) is 18.5 Å². The number of hydrogen-bond donors (Lipinski definition) is 0. The third-order valence-corrected chi connectivity index (χ3v) is 5.73. The lowest BCUT2D eigenvalue weighted by atomic mass is 10.1. The highest BCUT2D eigenvalue weighted by molar-refractivity contribution is 7.21. The minimum absolute atomic E-state index is 0.664. The average Bonchev–Trinajstić information content (AvgIpc) is 3.11. The highest BCUT2D eigenvalue weighted by atomic mass is 32.1. The zero-order chi connectivity index (χ0) is 13.8. The van der Waals surface area contributed by atoms with Crippen molar-refractivity contribution < 1.29 is 9.47 Å². The van der Waals surface area contributed by atoms with Crippen molar-refractivity contribution in [2.75, 3.05) is 13.2 Å². The summed E-state index contributed by atoms with van der Waals surface area (Å²) in [7, 11) is 0. The summed E-state index contributed by atoms with van der Waals surface area (Å²) < 4.78 is 11.8. The molecule has 0 saturated carbocycles. The number of fused-ring (bicyclic) bond motifs is 1.